The molecule has 1 aromatic heterocycles. The van der Waals surface area contributed by atoms with E-state index in [0.717, 1.165) is 15.4 Å². The van der Waals surface area contributed by atoms with E-state index in [-0.39, 0.29) is 0 Å². The minimum atomic E-state index is 0.956. The van der Waals surface area contributed by atoms with Crippen LogP contribution < -0.4 is 0 Å². The Kier molecular flexibility index (Phi) is 3.78. The fourth-order valence-electron chi connectivity index (χ4n) is 1.32. The van der Waals surface area contributed by atoms with Crippen LogP contribution in [-0.2, 0) is 0 Å². The zero-order valence-electron chi connectivity index (χ0n) is 8.64. The number of para-hydroxylation sites is 1. The summed E-state index contributed by atoms with van der Waals surface area (Å²) in [5.74, 6) is 0. The molecule has 0 saturated carbocycles. The summed E-state index contributed by atoms with van der Waals surface area (Å²) in [4.78, 5) is 0. The lowest BCUT2D eigenvalue weighted by atomic mass is 10.3. The first kappa shape index (κ1) is 11.0. The van der Waals surface area contributed by atoms with Crippen molar-refractivity contribution in [3.8, 4) is 0 Å². The summed E-state index contributed by atoms with van der Waals surface area (Å²) in [6.07, 6.45) is 1.70. The van der Waals surface area contributed by atoms with Crippen molar-refractivity contribution in [2.75, 3.05) is 0 Å². The average Bonchev–Trinajstić information content (AvgIpc) is 2.79. The number of halogens is 1. The highest BCUT2D eigenvalue weighted by Gasteiger charge is 1.89. The van der Waals surface area contributed by atoms with Crippen molar-refractivity contribution in [1.82, 2.24) is 0 Å². The molecule has 0 aliphatic heterocycles. The Balaban J connectivity index is 0.000000125. The number of furan rings is 1. The molecular weight excluding hydrogens is 264 g/mol. The Morgan fingerprint density at radius 2 is 1.44 bits per heavy atom. The maximum absolute atomic E-state index is 5.12. The number of hydrogen-bond donors (Lipinski definition) is 0. The maximum Gasteiger partial charge on any atom is 0.133 e. The van der Waals surface area contributed by atoms with Gasteiger partial charge < -0.3 is 4.42 Å². The van der Waals surface area contributed by atoms with Crippen LogP contribution >= 0.6 is 15.9 Å². The van der Waals surface area contributed by atoms with E-state index in [4.69, 9.17) is 4.42 Å². The molecule has 0 spiro atoms. The van der Waals surface area contributed by atoms with Crippen LogP contribution in [0.2, 0.25) is 0 Å². The van der Waals surface area contributed by atoms with Crippen molar-refractivity contribution in [3.63, 3.8) is 0 Å². The van der Waals surface area contributed by atoms with Gasteiger partial charge >= 0.3 is 0 Å². The quantitative estimate of drug-likeness (QED) is 0.569. The molecule has 0 aliphatic rings. The molecule has 0 saturated heterocycles. The monoisotopic (exact) mass is 274 g/mol. The van der Waals surface area contributed by atoms with E-state index in [1.165, 1.54) is 0 Å². The summed E-state index contributed by atoms with van der Waals surface area (Å²) in [6, 6.07) is 19.9. The van der Waals surface area contributed by atoms with Gasteiger partial charge in [0.25, 0.3) is 0 Å². The zero-order chi connectivity index (χ0) is 11.2. The van der Waals surface area contributed by atoms with Crippen LogP contribution in [0.15, 0.2) is 75.8 Å². The van der Waals surface area contributed by atoms with Crippen LogP contribution in [0, 0.1) is 0 Å². The van der Waals surface area contributed by atoms with Gasteiger partial charge in [0.05, 0.1) is 6.26 Å². The third-order valence-electron chi connectivity index (χ3n) is 2.09. The van der Waals surface area contributed by atoms with E-state index in [1.807, 2.05) is 60.7 Å². The van der Waals surface area contributed by atoms with Crippen molar-refractivity contribution < 1.29 is 4.42 Å². The molecule has 0 bridgehead atoms. The molecule has 1 heterocycles. The highest BCUT2D eigenvalue weighted by Crippen LogP contribution is 2.12. The number of rotatable bonds is 0. The van der Waals surface area contributed by atoms with Gasteiger partial charge in [0.15, 0.2) is 0 Å². The summed E-state index contributed by atoms with van der Waals surface area (Å²) in [6.45, 7) is 0. The first-order valence-electron chi connectivity index (χ1n) is 4.99. The molecular formula is C14H11BrO. The third kappa shape index (κ3) is 2.97. The van der Waals surface area contributed by atoms with Crippen LogP contribution in [0.3, 0.4) is 0 Å². The fraction of sp³-hybridized carbons (Fsp3) is 0. The molecule has 0 N–H and O–H groups in total. The molecule has 0 atom stereocenters. The third-order valence-corrected chi connectivity index (χ3v) is 2.62. The Bertz CT molecular complexity index is 512. The molecule has 0 unspecified atom stereocenters. The lowest BCUT2D eigenvalue weighted by Gasteiger charge is -1.81. The van der Waals surface area contributed by atoms with Crippen molar-refractivity contribution in [1.29, 1.82) is 0 Å². The summed E-state index contributed by atoms with van der Waals surface area (Å²) >= 11 is 3.31. The van der Waals surface area contributed by atoms with E-state index in [9.17, 15) is 0 Å². The summed E-state index contributed by atoms with van der Waals surface area (Å²) in [5.41, 5.74) is 0.956. The Morgan fingerprint density at radius 3 is 2.06 bits per heavy atom. The second kappa shape index (κ2) is 5.52. The van der Waals surface area contributed by atoms with Gasteiger partial charge in [-0.25, -0.2) is 0 Å². The predicted molar refractivity (Wildman–Crippen MR) is 70.4 cm³/mol. The molecule has 0 amide bonds. The van der Waals surface area contributed by atoms with Crippen molar-refractivity contribution in [2.24, 2.45) is 0 Å². The topological polar surface area (TPSA) is 13.1 Å². The van der Waals surface area contributed by atoms with Gasteiger partial charge in [-0.15, -0.1) is 0 Å². The molecule has 3 rings (SSSR count). The van der Waals surface area contributed by atoms with Gasteiger partial charge in [0.1, 0.15) is 5.58 Å². The standard InChI is InChI=1S/C8H6O.C6H5Br/c1-2-4-8-7(3-1)5-6-9-8;7-6-4-2-1-3-5-6/h1-6H;1-5H. The second-order valence-corrected chi connectivity index (χ2v) is 4.17. The first-order valence-corrected chi connectivity index (χ1v) is 5.78. The molecule has 2 aromatic carbocycles. The van der Waals surface area contributed by atoms with E-state index >= 15 is 0 Å². The molecule has 0 radical (unpaired) electrons. The van der Waals surface area contributed by atoms with Gasteiger partial charge in [-0.3, -0.25) is 0 Å². The van der Waals surface area contributed by atoms with Gasteiger partial charge in [0.2, 0.25) is 0 Å². The van der Waals surface area contributed by atoms with E-state index in [1.54, 1.807) is 6.26 Å². The molecule has 0 fully saturated rings. The maximum atomic E-state index is 5.12. The average molecular weight is 275 g/mol. The normalized spacial score (nSPS) is 9.56. The molecule has 16 heavy (non-hydrogen) atoms. The van der Waals surface area contributed by atoms with Crippen molar-refractivity contribution >= 4 is 26.9 Å². The minimum absolute atomic E-state index is 0.956. The SMILES string of the molecule is Brc1ccccc1.c1ccc2occc2c1. The van der Waals surface area contributed by atoms with Crippen molar-refractivity contribution in [2.45, 2.75) is 0 Å². The molecule has 80 valence electrons. The number of hydrogen-bond acceptors (Lipinski definition) is 1. The van der Waals surface area contributed by atoms with Crippen LogP contribution in [0.4, 0.5) is 0 Å². The number of fused-ring (bicyclic) bond motifs is 1. The minimum Gasteiger partial charge on any atom is -0.464 e. The van der Waals surface area contributed by atoms with Gasteiger partial charge in [0, 0.05) is 9.86 Å². The van der Waals surface area contributed by atoms with Crippen LogP contribution in [-0.4, -0.2) is 0 Å². The van der Waals surface area contributed by atoms with E-state index < -0.39 is 0 Å². The summed E-state index contributed by atoms with van der Waals surface area (Å²) in [7, 11) is 0. The van der Waals surface area contributed by atoms with Crippen LogP contribution in [0.25, 0.3) is 11.0 Å². The van der Waals surface area contributed by atoms with E-state index in [0.29, 0.717) is 0 Å². The second-order valence-electron chi connectivity index (χ2n) is 3.25. The largest absolute Gasteiger partial charge is 0.464 e. The Hall–Kier alpha value is -1.54. The lowest BCUT2D eigenvalue weighted by Crippen LogP contribution is -1.57. The number of benzene rings is 2. The van der Waals surface area contributed by atoms with Crippen LogP contribution in [0.1, 0.15) is 0 Å². The highest BCUT2D eigenvalue weighted by atomic mass is 79.9. The highest BCUT2D eigenvalue weighted by molar-refractivity contribution is 9.10. The lowest BCUT2D eigenvalue weighted by molar-refractivity contribution is 0.616. The smallest absolute Gasteiger partial charge is 0.133 e. The zero-order valence-corrected chi connectivity index (χ0v) is 10.2. The summed E-state index contributed by atoms with van der Waals surface area (Å²) in [5, 5.41) is 1.16. The van der Waals surface area contributed by atoms with Crippen LogP contribution in [0.5, 0.6) is 0 Å². The fourth-order valence-corrected chi connectivity index (χ4v) is 1.63. The predicted octanol–water partition coefficient (Wildman–Crippen LogP) is 4.88. The Morgan fingerprint density at radius 1 is 0.750 bits per heavy atom. The van der Waals surface area contributed by atoms with Crippen molar-refractivity contribution in [3.05, 3.63) is 71.4 Å². The molecule has 3 aromatic rings. The molecule has 0 aliphatic carbocycles. The van der Waals surface area contributed by atoms with Gasteiger partial charge in [-0.2, -0.15) is 0 Å². The van der Waals surface area contributed by atoms with E-state index in [2.05, 4.69) is 15.9 Å². The molecule has 2 heteroatoms. The summed E-state index contributed by atoms with van der Waals surface area (Å²) < 4.78 is 6.25. The van der Waals surface area contributed by atoms with Gasteiger partial charge in [-0.05, 0) is 24.3 Å². The molecule has 1 nitrogen and oxygen atoms in total. The first-order chi connectivity index (χ1) is 7.86. The Labute approximate surface area is 103 Å². The van der Waals surface area contributed by atoms with Gasteiger partial charge in [-0.1, -0.05) is 52.3 Å².